The highest BCUT2D eigenvalue weighted by atomic mass is 19.4. The number of hydrogen-bond donors (Lipinski definition) is 0. The molecule has 0 aliphatic rings. The quantitative estimate of drug-likeness (QED) is 0.119. The summed E-state index contributed by atoms with van der Waals surface area (Å²) in [6, 6.07) is 63.2. The van der Waals surface area contributed by atoms with Crippen LogP contribution in [0.4, 0.5) is 43.4 Å². The maximum absolute atomic E-state index is 16.0. The van der Waals surface area contributed by atoms with Gasteiger partial charge in [0.15, 0.2) is 0 Å². The van der Waals surface area contributed by atoms with Gasteiger partial charge >= 0.3 is 12.4 Å². The monoisotopic (exact) mass is 951 g/mol. The fourth-order valence-electron chi connectivity index (χ4n) is 11.1. The summed E-state index contributed by atoms with van der Waals surface area (Å²) < 4.78 is 96.0. The van der Waals surface area contributed by atoms with Crippen LogP contribution in [0.1, 0.15) is 27.8 Å². The average Bonchev–Trinajstić information content (AvgIpc) is 3.38. The van der Waals surface area contributed by atoms with E-state index in [1.807, 2.05) is 134 Å². The second-order valence-corrected chi connectivity index (χ2v) is 18.8. The van der Waals surface area contributed by atoms with Crippen LogP contribution in [0.3, 0.4) is 0 Å². The summed E-state index contributed by atoms with van der Waals surface area (Å²) >= 11 is 0. The Morgan fingerprint density at radius 1 is 0.292 bits per heavy atom. The number of anilines is 3. The summed E-state index contributed by atoms with van der Waals surface area (Å²) in [4.78, 5) is 1.59. The highest BCUT2D eigenvalue weighted by Crippen LogP contribution is 2.51. The number of aryl methyl sites for hydroxylation is 3. The minimum Gasteiger partial charge on any atom is -0.310 e. The molecular weight excluding hydrogens is 909 g/mol. The molecule has 0 amide bonds. The second-order valence-electron chi connectivity index (χ2n) is 18.8. The maximum Gasteiger partial charge on any atom is 0.417 e. The number of alkyl halides is 6. The van der Waals surface area contributed by atoms with Crippen molar-refractivity contribution in [1.29, 1.82) is 0 Å². The highest BCUT2D eigenvalue weighted by molar-refractivity contribution is 6.17. The van der Waals surface area contributed by atoms with Crippen LogP contribution in [0.2, 0.25) is 0 Å². The second kappa shape index (κ2) is 16.9. The van der Waals surface area contributed by atoms with E-state index in [4.69, 9.17) is 0 Å². The lowest BCUT2D eigenvalue weighted by Gasteiger charge is -2.32. The molecule has 0 unspecified atom stereocenters. The molecule has 0 saturated heterocycles. The van der Waals surface area contributed by atoms with Gasteiger partial charge in [-0.15, -0.1) is 0 Å². The number of rotatable bonds is 6. The van der Waals surface area contributed by atoms with Crippen LogP contribution in [0, 0.1) is 20.8 Å². The van der Waals surface area contributed by atoms with Crippen LogP contribution in [0.5, 0.6) is 0 Å². The van der Waals surface area contributed by atoms with E-state index < -0.39 is 23.5 Å². The van der Waals surface area contributed by atoms with Gasteiger partial charge in [-0.25, -0.2) is 0 Å². The predicted molar refractivity (Wildman–Crippen MR) is 287 cm³/mol. The van der Waals surface area contributed by atoms with Gasteiger partial charge in [0.05, 0.1) is 11.1 Å². The summed E-state index contributed by atoms with van der Waals surface area (Å²) in [6.07, 6.45) is -9.72. The zero-order chi connectivity index (χ0) is 49.6. The third-order valence-corrected chi connectivity index (χ3v) is 14.4. The number of halogens is 6. The normalized spacial score (nSPS) is 12.2. The molecule has 0 atom stereocenters. The van der Waals surface area contributed by atoms with E-state index in [1.165, 1.54) is 0 Å². The zero-order valence-corrected chi connectivity index (χ0v) is 39.3. The number of nitrogens with zero attached hydrogens (tertiary/aromatic N) is 1. The lowest BCUT2D eigenvalue weighted by atomic mass is 9.88. The van der Waals surface area contributed by atoms with Crippen LogP contribution in [-0.4, -0.2) is 0 Å². The maximum atomic E-state index is 16.0. The molecule has 72 heavy (non-hydrogen) atoms. The molecule has 0 fully saturated rings. The SMILES string of the molecule is Cc1cc(-c2cccc3ccc4ccccc4c23)ccc1N(c1cc(C(F)(F)F)c(-c2cccc3ccc4ccccc4c23)cc1C)c1cc(C(F)(F)F)c(-c2cccc3ccc4ccccc4c23)cc1C. The van der Waals surface area contributed by atoms with Crippen molar-refractivity contribution in [2.24, 2.45) is 0 Å². The molecule has 12 aromatic rings. The van der Waals surface area contributed by atoms with Gasteiger partial charge in [0.25, 0.3) is 0 Å². The van der Waals surface area contributed by atoms with Gasteiger partial charge in [0.1, 0.15) is 0 Å². The molecule has 0 N–H and O–H groups in total. The van der Waals surface area contributed by atoms with Gasteiger partial charge in [-0.05, 0) is 172 Å². The van der Waals surface area contributed by atoms with Crippen LogP contribution < -0.4 is 4.90 Å². The summed E-state index contributed by atoms with van der Waals surface area (Å²) in [6.45, 7) is 5.33. The van der Waals surface area contributed by atoms with Gasteiger partial charge in [0, 0.05) is 17.1 Å². The zero-order valence-electron chi connectivity index (χ0n) is 39.3. The van der Waals surface area contributed by atoms with Crippen molar-refractivity contribution >= 4 is 81.7 Å². The van der Waals surface area contributed by atoms with Crippen LogP contribution >= 0.6 is 0 Å². The van der Waals surface area contributed by atoms with Crippen molar-refractivity contribution in [2.75, 3.05) is 4.90 Å². The molecule has 0 radical (unpaired) electrons. The van der Waals surface area contributed by atoms with Crippen LogP contribution in [-0.2, 0) is 12.4 Å². The minimum absolute atomic E-state index is 0.0212. The number of fused-ring (bicyclic) bond motifs is 9. The van der Waals surface area contributed by atoms with Crippen LogP contribution in [0.15, 0.2) is 206 Å². The first-order valence-electron chi connectivity index (χ1n) is 23.8. The molecule has 12 aromatic carbocycles. The Labute approximate surface area is 411 Å². The smallest absolute Gasteiger partial charge is 0.310 e. The fourth-order valence-corrected chi connectivity index (χ4v) is 11.1. The topological polar surface area (TPSA) is 3.24 Å². The lowest BCUT2D eigenvalue weighted by Crippen LogP contribution is -2.18. The van der Waals surface area contributed by atoms with E-state index in [9.17, 15) is 0 Å². The lowest BCUT2D eigenvalue weighted by molar-refractivity contribution is -0.137. The van der Waals surface area contributed by atoms with E-state index >= 15 is 26.3 Å². The minimum atomic E-state index is -4.86. The van der Waals surface area contributed by atoms with Crippen molar-refractivity contribution in [2.45, 2.75) is 33.1 Å². The number of benzene rings is 12. The Morgan fingerprint density at radius 3 is 1.04 bits per heavy atom. The molecule has 0 bridgehead atoms. The van der Waals surface area contributed by atoms with Crippen molar-refractivity contribution in [3.63, 3.8) is 0 Å². The van der Waals surface area contributed by atoms with Gasteiger partial charge in [0.2, 0.25) is 0 Å². The first-order chi connectivity index (χ1) is 34.7. The molecule has 0 aliphatic heterocycles. The Balaban J connectivity index is 1.12. The number of hydrogen-bond acceptors (Lipinski definition) is 1. The highest BCUT2D eigenvalue weighted by Gasteiger charge is 2.38. The summed E-state index contributed by atoms with van der Waals surface area (Å²) in [5.41, 5.74) is 2.94. The Hall–Kier alpha value is -8.42. The molecule has 350 valence electrons. The van der Waals surface area contributed by atoms with Crippen molar-refractivity contribution in [3.8, 4) is 33.4 Å². The van der Waals surface area contributed by atoms with Crippen molar-refractivity contribution in [3.05, 3.63) is 234 Å². The molecule has 7 heteroatoms. The third kappa shape index (κ3) is 7.41. The van der Waals surface area contributed by atoms with Gasteiger partial charge < -0.3 is 4.90 Å². The molecule has 1 nitrogen and oxygen atoms in total. The van der Waals surface area contributed by atoms with Crippen molar-refractivity contribution < 1.29 is 26.3 Å². The molecule has 0 aromatic heterocycles. The van der Waals surface area contributed by atoms with Crippen LogP contribution in [0.25, 0.3) is 98.0 Å². The van der Waals surface area contributed by atoms with E-state index in [2.05, 4.69) is 30.3 Å². The molecule has 0 heterocycles. The Kier molecular flexibility index (Phi) is 10.5. The van der Waals surface area contributed by atoms with Gasteiger partial charge in [-0.1, -0.05) is 170 Å². The largest absolute Gasteiger partial charge is 0.417 e. The van der Waals surface area contributed by atoms with E-state index in [0.717, 1.165) is 77.1 Å². The Bertz CT molecular complexity index is 4000. The molecule has 0 saturated carbocycles. The molecule has 0 aliphatic carbocycles. The van der Waals surface area contributed by atoms with Gasteiger partial charge in [-0.3, -0.25) is 0 Å². The van der Waals surface area contributed by atoms with Crippen molar-refractivity contribution in [1.82, 2.24) is 0 Å². The third-order valence-electron chi connectivity index (χ3n) is 14.4. The summed E-state index contributed by atoms with van der Waals surface area (Å²) in [5.74, 6) is 0. The summed E-state index contributed by atoms with van der Waals surface area (Å²) in [7, 11) is 0. The molecule has 0 spiro atoms. The first kappa shape index (κ1) is 44.8. The molecule has 12 rings (SSSR count). The predicted octanol–water partition coefficient (Wildman–Crippen LogP) is 20.0. The van der Waals surface area contributed by atoms with E-state index in [1.54, 1.807) is 55.1 Å². The van der Waals surface area contributed by atoms with E-state index in [-0.39, 0.29) is 22.5 Å². The summed E-state index contributed by atoms with van der Waals surface area (Å²) in [5, 5.41) is 10.6. The fraction of sp³-hybridized carbons (Fsp3) is 0.0769. The molecular formula is C65H43F6N. The first-order valence-corrected chi connectivity index (χ1v) is 23.8. The standard InChI is InChI=1S/C65H43F6N/c1-38-33-47(51-22-10-16-44-28-25-41-13-4-7-19-48(41)61(44)51)31-32-58(38)72(59-36-56(64(66,67)68)54(34-39(59)2)52-23-11-17-45-29-26-42-14-5-8-20-49(42)62(45)52)60-37-57(65(69,70)71)55(35-40(60)3)53-24-12-18-46-30-27-43-15-6-9-21-50(43)63(46)53/h4-37H,1-3H3. The van der Waals surface area contributed by atoms with Gasteiger partial charge in [-0.2, -0.15) is 26.3 Å². The Morgan fingerprint density at radius 2 is 0.639 bits per heavy atom. The average molecular weight is 952 g/mol. The van der Waals surface area contributed by atoms with E-state index in [0.29, 0.717) is 44.3 Å².